The van der Waals surface area contributed by atoms with Gasteiger partial charge in [-0.3, -0.25) is 9.10 Å². The molecule has 0 bridgehead atoms. The van der Waals surface area contributed by atoms with E-state index in [0.29, 0.717) is 0 Å². The van der Waals surface area contributed by atoms with Crippen LogP contribution in [0.5, 0.6) is 0 Å². The number of amides is 1. The van der Waals surface area contributed by atoms with Gasteiger partial charge in [-0.25, -0.2) is 22.0 Å². The molecule has 0 aliphatic rings. The molecule has 0 heterocycles. The summed E-state index contributed by atoms with van der Waals surface area (Å²) < 4.78 is 58.8. The van der Waals surface area contributed by atoms with E-state index in [1.807, 2.05) is 0 Å². The number of ether oxygens (including phenoxy) is 1. The number of carbonyl (C=O) groups is 2. The first-order valence-corrected chi connectivity index (χ1v) is 11.3. The molecule has 10 heteroatoms. The molecule has 3 aromatic rings. The number of halogens is 2. The van der Waals surface area contributed by atoms with Crippen LogP contribution in [-0.2, 0) is 19.6 Å². The van der Waals surface area contributed by atoms with Gasteiger partial charge in [0.15, 0.2) is 0 Å². The average Bonchev–Trinajstić information content (AvgIpc) is 2.79. The van der Waals surface area contributed by atoms with Crippen LogP contribution in [0.25, 0.3) is 0 Å². The van der Waals surface area contributed by atoms with E-state index in [9.17, 15) is 26.8 Å². The highest BCUT2D eigenvalue weighted by atomic mass is 32.2. The SMILES string of the molecule is CCOC(=O)c1cccc(NC(=O)CN(c2ccc(F)cc2)S(=O)(=O)c2ccc(F)cc2)c1. The Morgan fingerprint density at radius 1 is 0.939 bits per heavy atom. The van der Waals surface area contributed by atoms with Crippen LogP contribution in [-0.4, -0.2) is 33.4 Å². The zero-order chi connectivity index (χ0) is 24.0. The van der Waals surface area contributed by atoms with Gasteiger partial charge in [0.1, 0.15) is 18.2 Å². The summed E-state index contributed by atoms with van der Waals surface area (Å²) in [6.45, 7) is 1.19. The highest BCUT2D eigenvalue weighted by Gasteiger charge is 2.27. The monoisotopic (exact) mass is 474 g/mol. The number of rotatable bonds is 8. The fourth-order valence-electron chi connectivity index (χ4n) is 2.93. The number of anilines is 2. The molecule has 0 atom stereocenters. The summed E-state index contributed by atoms with van der Waals surface area (Å²) in [6, 6.07) is 14.6. The van der Waals surface area contributed by atoms with Crippen molar-refractivity contribution < 1.29 is 31.5 Å². The topological polar surface area (TPSA) is 92.8 Å². The minimum atomic E-state index is -4.29. The Kier molecular flexibility index (Phi) is 7.39. The molecule has 0 radical (unpaired) electrons. The van der Waals surface area contributed by atoms with Crippen LogP contribution < -0.4 is 9.62 Å². The summed E-state index contributed by atoms with van der Waals surface area (Å²) in [5.74, 6) is -2.49. The molecule has 0 unspecified atom stereocenters. The molecule has 0 fully saturated rings. The number of benzene rings is 3. The van der Waals surface area contributed by atoms with Gasteiger partial charge in [0.25, 0.3) is 10.0 Å². The lowest BCUT2D eigenvalue weighted by Gasteiger charge is -2.24. The van der Waals surface area contributed by atoms with Gasteiger partial charge in [-0.15, -0.1) is 0 Å². The summed E-state index contributed by atoms with van der Waals surface area (Å²) >= 11 is 0. The van der Waals surface area contributed by atoms with Crippen LogP contribution in [0.1, 0.15) is 17.3 Å². The fraction of sp³-hybridized carbons (Fsp3) is 0.130. The zero-order valence-electron chi connectivity index (χ0n) is 17.5. The fourth-order valence-corrected chi connectivity index (χ4v) is 4.35. The lowest BCUT2D eigenvalue weighted by atomic mass is 10.2. The Morgan fingerprint density at radius 3 is 2.15 bits per heavy atom. The molecule has 0 saturated heterocycles. The lowest BCUT2D eigenvalue weighted by molar-refractivity contribution is -0.114. The maximum atomic E-state index is 13.4. The molecular weight excluding hydrogens is 454 g/mol. The van der Waals surface area contributed by atoms with E-state index in [0.717, 1.165) is 40.7 Å². The van der Waals surface area contributed by atoms with Crippen molar-refractivity contribution in [3.05, 3.63) is 90.0 Å². The molecule has 172 valence electrons. The maximum absolute atomic E-state index is 13.4. The Hall–Kier alpha value is -3.79. The Bertz CT molecular complexity index is 1250. The highest BCUT2D eigenvalue weighted by molar-refractivity contribution is 7.92. The van der Waals surface area contributed by atoms with Gasteiger partial charge < -0.3 is 10.1 Å². The molecule has 3 rings (SSSR count). The van der Waals surface area contributed by atoms with Gasteiger partial charge in [-0.1, -0.05) is 6.07 Å². The zero-order valence-corrected chi connectivity index (χ0v) is 18.3. The van der Waals surface area contributed by atoms with Gasteiger partial charge in [-0.2, -0.15) is 0 Å². The molecule has 7 nitrogen and oxygen atoms in total. The van der Waals surface area contributed by atoms with Crippen LogP contribution in [0, 0.1) is 11.6 Å². The predicted octanol–water partition coefficient (Wildman–Crippen LogP) is 3.98. The minimum absolute atomic E-state index is 0.0381. The van der Waals surface area contributed by atoms with Crippen molar-refractivity contribution in [1.29, 1.82) is 0 Å². The van der Waals surface area contributed by atoms with Crippen molar-refractivity contribution in [3.8, 4) is 0 Å². The molecule has 0 aliphatic carbocycles. The van der Waals surface area contributed by atoms with E-state index >= 15 is 0 Å². The van der Waals surface area contributed by atoms with E-state index in [1.54, 1.807) is 6.92 Å². The van der Waals surface area contributed by atoms with Gasteiger partial charge >= 0.3 is 5.97 Å². The smallest absolute Gasteiger partial charge is 0.338 e. The second kappa shape index (κ2) is 10.2. The molecule has 1 N–H and O–H groups in total. The van der Waals surface area contributed by atoms with Crippen molar-refractivity contribution in [1.82, 2.24) is 0 Å². The van der Waals surface area contributed by atoms with Gasteiger partial charge in [0, 0.05) is 5.69 Å². The molecule has 1 amide bonds. The van der Waals surface area contributed by atoms with Crippen molar-refractivity contribution in [2.45, 2.75) is 11.8 Å². The summed E-state index contributed by atoms with van der Waals surface area (Å²) in [5, 5.41) is 2.54. The molecule has 0 spiro atoms. The van der Waals surface area contributed by atoms with Crippen LogP contribution >= 0.6 is 0 Å². The normalized spacial score (nSPS) is 11.0. The Labute approximate surface area is 189 Å². The molecule has 3 aromatic carbocycles. The first-order valence-electron chi connectivity index (χ1n) is 9.81. The third kappa shape index (κ3) is 5.92. The van der Waals surface area contributed by atoms with Gasteiger partial charge in [-0.05, 0) is 73.7 Å². The van der Waals surface area contributed by atoms with E-state index in [-0.39, 0.29) is 28.4 Å². The highest BCUT2D eigenvalue weighted by Crippen LogP contribution is 2.24. The third-order valence-electron chi connectivity index (χ3n) is 4.46. The molecule has 0 aliphatic heterocycles. The summed E-state index contributed by atoms with van der Waals surface area (Å²) in [6.07, 6.45) is 0. The standard InChI is InChI=1S/C23H20F2N2O5S/c1-2-32-23(29)16-4-3-5-19(14-16)26-22(28)15-27(20-10-6-17(24)7-11-20)33(30,31)21-12-8-18(25)9-13-21/h3-14H,2,15H2,1H3,(H,26,28). The first kappa shape index (κ1) is 23.9. The van der Waals surface area contributed by atoms with E-state index in [2.05, 4.69) is 5.32 Å². The first-order chi connectivity index (χ1) is 15.7. The predicted molar refractivity (Wildman–Crippen MR) is 118 cm³/mol. The van der Waals surface area contributed by atoms with Crippen molar-refractivity contribution in [2.75, 3.05) is 22.8 Å². The van der Waals surface area contributed by atoms with Crippen molar-refractivity contribution >= 4 is 33.3 Å². The number of nitrogens with zero attached hydrogens (tertiary/aromatic N) is 1. The number of carbonyl (C=O) groups excluding carboxylic acids is 2. The number of esters is 1. The maximum Gasteiger partial charge on any atom is 0.338 e. The molecule has 0 aromatic heterocycles. The molecule has 33 heavy (non-hydrogen) atoms. The Morgan fingerprint density at radius 2 is 1.55 bits per heavy atom. The average molecular weight is 474 g/mol. The summed E-state index contributed by atoms with van der Waals surface area (Å²) in [4.78, 5) is 24.4. The van der Waals surface area contributed by atoms with E-state index in [4.69, 9.17) is 4.74 Å². The molecular formula is C23H20F2N2O5S. The minimum Gasteiger partial charge on any atom is -0.462 e. The van der Waals surface area contributed by atoms with Gasteiger partial charge in [0.05, 0.1) is 22.8 Å². The number of hydrogen-bond acceptors (Lipinski definition) is 5. The van der Waals surface area contributed by atoms with Crippen LogP contribution in [0.15, 0.2) is 77.7 Å². The Balaban J connectivity index is 1.88. The second-order valence-electron chi connectivity index (χ2n) is 6.79. The van der Waals surface area contributed by atoms with Crippen molar-refractivity contribution in [2.24, 2.45) is 0 Å². The lowest BCUT2D eigenvalue weighted by Crippen LogP contribution is -2.38. The quantitative estimate of drug-likeness (QED) is 0.499. The van der Waals surface area contributed by atoms with E-state index in [1.165, 1.54) is 36.4 Å². The van der Waals surface area contributed by atoms with Crippen molar-refractivity contribution in [3.63, 3.8) is 0 Å². The summed E-state index contributed by atoms with van der Waals surface area (Å²) in [7, 11) is -4.29. The molecule has 0 saturated carbocycles. The third-order valence-corrected chi connectivity index (χ3v) is 6.25. The van der Waals surface area contributed by atoms with Crippen LogP contribution in [0.2, 0.25) is 0 Å². The summed E-state index contributed by atoms with van der Waals surface area (Å²) in [5.41, 5.74) is 0.504. The van der Waals surface area contributed by atoms with Crippen LogP contribution in [0.3, 0.4) is 0 Å². The largest absolute Gasteiger partial charge is 0.462 e. The second-order valence-corrected chi connectivity index (χ2v) is 8.65. The number of hydrogen-bond donors (Lipinski definition) is 1. The van der Waals surface area contributed by atoms with E-state index < -0.39 is 40.1 Å². The number of sulfonamides is 1. The number of nitrogens with one attached hydrogen (secondary N) is 1. The van der Waals surface area contributed by atoms with Crippen LogP contribution in [0.4, 0.5) is 20.2 Å². The van der Waals surface area contributed by atoms with Gasteiger partial charge in [0.2, 0.25) is 5.91 Å².